The summed E-state index contributed by atoms with van der Waals surface area (Å²) in [5, 5.41) is 11.9. The number of nitrogens with one attached hydrogen (secondary N) is 2. The zero-order valence-corrected chi connectivity index (χ0v) is 19.7. The number of hydrogen-bond donors (Lipinski definition) is 2. The minimum Gasteiger partial charge on any atom is -0.361 e. The van der Waals surface area contributed by atoms with Gasteiger partial charge in [0.2, 0.25) is 0 Å². The van der Waals surface area contributed by atoms with Gasteiger partial charge in [-0.25, -0.2) is 4.39 Å². The van der Waals surface area contributed by atoms with Gasteiger partial charge in [-0.05, 0) is 67.7 Å². The molecule has 0 radical (unpaired) electrons. The van der Waals surface area contributed by atoms with Crippen LogP contribution >= 0.6 is 0 Å². The second kappa shape index (κ2) is 10.4. The van der Waals surface area contributed by atoms with Crippen LogP contribution in [0.5, 0.6) is 0 Å². The molecule has 0 spiro atoms. The van der Waals surface area contributed by atoms with Crippen LogP contribution < -0.4 is 5.32 Å². The molecule has 10 heteroatoms. The number of hydrogen-bond acceptors (Lipinski definition) is 4. The van der Waals surface area contributed by atoms with Crippen molar-refractivity contribution in [3.63, 3.8) is 0 Å². The Morgan fingerprint density at radius 1 is 1.06 bits per heavy atom. The lowest BCUT2D eigenvalue weighted by Gasteiger charge is -2.35. The molecule has 2 N–H and O–H groups in total. The SMILES string of the molecule is FC1CN(CCCc2c[nH]c3ccc(-n4cnnc4)cc23)CCC1NCc1ccccc1C(F)(F)F. The molecule has 2 aromatic carbocycles. The van der Waals surface area contributed by atoms with Gasteiger partial charge in [-0.15, -0.1) is 10.2 Å². The maximum Gasteiger partial charge on any atom is 0.416 e. The molecule has 190 valence electrons. The Hall–Kier alpha value is -3.24. The topological polar surface area (TPSA) is 61.8 Å². The highest BCUT2D eigenvalue weighted by molar-refractivity contribution is 5.85. The molecule has 3 heterocycles. The average molecular weight is 501 g/mol. The van der Waals surface area contributed by atoms with Gasteiger partial charge < -0.3 is 15.2 Å². The highest BCUT2D eigenvalue weighted by Crippen LogP contribution is 2.32. The first-order valence-corrected chi connectivity index (χ1v) is 12.1. The van der Waals surface area contributed by atoms with Crippen molar-refractivity contribution in [2.45, 2.75) is 44.2 Å². The second-order valence-electron chi connectivity index (χ2n) is 9.26. The summed E-state index contributed by atoms with van der Waals surface area (Å²) in [6, 6.07) is 11.2. The van der Waals surface area contributed by atoms with Gasteiger partial charge in [0.15, 0.2) is 0 Å². The second-order valence-corrected chi connectivity index (χ2v) is 9.26. The summed E-state index contributed by atoms with van der Waals surface area (Å²) >= 11 is 0. The maximum absolute atomic E-state index is 14.9. The van der Waals surface area contributed by atoms with Gasteiger partial charge in [0, 0.05) is 41.9 Å². The van der Waals surface area contributed by atoms with Crippen molar-refractivity contribution in [1.29, 1.82) is 0 Å². The van der Waals surface area contributed by atoms with E-state index in [1.807, 2.05) is 22.9 Å². The van der Waals surface area contributed by atoms with Gasteiger partial charge in [-0.2, -0.15) is 13.2 Å². The van der Waals surface area contributed by atoms with Crippen LogP contribution in [0.3, 0.4) is 0 Å². The number of aromatic nitrogens is 4. The summed E-state index contributed by atoms with van der Waals surface area (Å²) < 4.78 is 56.4. The minimum atomic E-state index is -4.42. The molecule has 4 aromatic rings. The Bertz CT molecular complexity index is 1280. The Labute approximate surface area is 206 Å². The maximum atomic E-state index is 14.9. The van der Waals surface area contributed by atoms with E-state index < -0.39 is 24.0 Å². The minimum absolute atomic E-state index is 0.00153. The Morgan fingerprint density at radius 2 is 1.86 bits per heavy atom. The molecule has 0 saturated carbocycles. The number of alkyl halides is 4. The van der Waals surface area contributed by atoms with Crippen molar-refractivity contribution in [3.8, 4) is 5.69 Å². The summed E-state index contributed by atoms with van der Waals surface area (Å²) in [4.78, 5) is 5.41. The van der Waals surface area contributed by atoms with E-state index in [4.69, 9.17) is 0 Å². The van der Waals surface area contributed by atoms with Crippen molar-refractivity contribution in [2.24, 2.45) is 0 Å². The van der Waals surface area contributed by atoms with Crippen LogP contribution in [-0.2, 0) is 19.1 Å². The Kier molecular flexibility index (Phi) is 7.06. The summed E-state index contributed by atoms with van der Waals surface area (Å²) in [5.41, 5.74) is 2.73. The van der Waals surface area contributed by atoms with Crippen molar-refractivity contribution >= 4 is 10.9 Å². The third-order valence-electron chi connectivity index (χ3n) is 6.89. The monoisotopic (exact) mass is 500 g/mol. The van der Waals surface area contributed by atoms with E-state index >= 15 is 0 Å². The number of nitrogens with zero attached hydrogens (tertiary/aromatic N) is 4. The summed E-state index contributed by atoms with van der Waals surface area (Å²) in [5.74, 6) is 0. The van der Waals surface area contributed by atoms with Crippen molar-refractivity contribution < 1.29 is 17.6 Å². The predicted octanol–water partition coefficient (Wildman–Crippen LogP) is 4.90. The average Bonchev–Trinajstić information content (AvgIpc) is 3.53. The lowest BCUT2D eigenvalue weighted by Crippen LogP contribution is -2.50. The fraction of sp³-hybridized carbons (Fsp3) is 0.385. The van der Waals surface area contributed by atoms with Crippen LogP contribution in [0.4, 0.5) is 17.6 Å². The fourth-order valence-electron chi connectivity index (χ4n) is 4.95. The number of H-pyrrole nitrogens is 1. The molecular formula is C26H28F4N6. The highest BCUT2D eigenvalue weighted by Gasteiger charge is 2.34. The molecule has 0 amide bonds. The first-order chi connectivity index (χ1) is 17.4. The number of benzene rings is 2. The first kappa shape index (κ1) is 24.5. The summed E-state index contributed by atoms with van der Waals surface area (Å²) in [7, 11) is 0. The van der Waals surface area contributed by atoms with Crippen molar-refractivity contribution in [1.82, 2.24) is 30.0 Å². The van der Waals surface area contributed by atoms with E-state index in [1.165, 1.54) is 17.7 Å². The summed E-state index contributed by atoms with van der Waals surface area (Å²) in [6.45, 7) is 1.76. The van der Waals surface area contributed by atoms with Crippen molar-refractivity contribution in [2.75, 3.05) is 19.6 Å². The normalized spacial score (nSPS) is 19.2. The van der Waals surface area contributed by atoms with Crippen LogP contribution in [0, 0.1) is 0 Å². The van der Waals surface area contributed by atoms with E-state index in [0.29, 0.717) is 13.0 Å². The van der Waals surface area contributed by atoms with Crippen LogP contribution in [0.15, 0.2) is 61.3 Å². The predicted molar refractivity (Wildman–Crippen MR) is 130 cm³/mol. The third-order valence-corrected chi connectivity index (χ3v) is 6.89. The molecule has 6 nitrogen and oxygen atoms in total. The van der Waals surface area contributed by atoms with Gasteiger partial charge >= 0.3 is 6.18 Å². The molecule has 5 rings (SSSR count). The molecule has 1 saturated heterocycles. The number of aryl methyl sites for hydroxylation is 1. The molecule has 1 aliphatic rings. The summed E-state index contributed by atoms with van der Waals surface area (Å²) in [6.07, 6.45) is 2.10. The number of halogens is 4. The van der Waals surface area contributed by atoms with E-state index in [0.717, 1.165) is 42.0 Å². The third kappa shape index (κ3) is 5.44. The van der Waals surface area contributed by atoms with E-state index in [9.17, 15) is 17.6 Å². The number of piperidine rings is 1. The lowest BCUT2D eigenvalue weighted by atomic mass is 10.0. The van der Waals surface area contributed by atoms with Crippen LogP contribution in [-0.4, -0.2) is 56.5 Å². The van der Waals surface area contributed by atoms with Gasteiger partial charge in [-0.3, -0.25) is 4.57 Å². The molecule has 36 heavy (non-hydrogen) atoms. The van der Waals surface area contributed by atoms with E-state index in [-0.39, 0.29) is 18.7 Å². The lowest BCUT2D eigenvalue weighted by molar-refractivity contribution is -0.138. The molecule has 0 aliphatic carbocycles. The Balaban J connectivity index is 1.12. The number of fused-ring (bicyclic) bond motifs is 1. The van der Waals surface area contributed by atoms with Gasteiger partial charge in [0.05, 0.1) is 5.56 Å². The van der Waals surface area contributed by atoms with Crippen LogP contribution in [0.25, 0.3) is 16.6 Å². The molecule has 1 aliphatic heterocycles. The number of rotatable bonds is 8. The Morgan fingerprint density at radius 3 is 2.64 bits per heavy atom. The fourth-order valence-corrected chi connectivity index (χ4v) is 4.95. The van der Waals surface area contributed by atoms with E-state index in [2.05, 4.69) is 31.5 Å². The number of likely N-dealkylation sites (tertiary alicyclic amines) is 1. The highest BCUT2D eigenvalue weighted by atomic mass is 19.4. The van der Waals surface area contributed by atoms with E-state index in [1.54, 1.807) is 18.7 Å². The van der Waals surface area contributed by atoms with Crippen molar-refractivity contribution in [3.05, 3.63) is 78.0 Å². The van der Waals surface area contributed by atoms with Crippen LogP contribution in [0.2, 0.25) is 0 Å². The molecule has 2 atom stereocenters. The molecule has 2 unspecified atom stereocenters. The zero-order chi connectivity index (χ0) is 25.1. The first-order valence-electron chi connectivity index (χ1n) is 12.1. The molecular weight excluding hydrogens is 472 g/mol. The van der Waals surface area contributed by atoms with Gasteiger partial charge in [0.25, 0.3) is 0 Å². The largest absolute Gasteiger partial charge is 0.416 e. The quantitative estimate of drug-likeness (QED) is 0.338. The van der Waals surface area contributed by atoms with Gasteiger partial charge in [-0.1, -0.05) is 18.2 Å². The molecule has 1 fully saturated rings. The van der Waals surface area contributed by atoms with Crippen LogP contribution in [0.1, 0.15) is 29.5 Å². The molecule has 2 aromatic heterocycles. The standard InChI is InChI=1S/C26H28F4N6/c27-23-15-35(11-9-25(23)32-14-19-4-1-2-6-22(19)26(28,29)30)10-3-5-18-13-31-24-8-7-20(12-21(18)24)36-16-33-34-17-36/h1-2,4,6-8,12-13,16-17,23,25,31-32H,3,5,9-11,14-15H2. The zero-order valence-electron chi connectivity index (χ0n) is 19.7. The van der Waals surface area contributed by atoms with Gasteiger partial charge in [0.1, 0.15) is 18.8 Å². The smallest absolute Gasteiger partial charge is 0.361 e. The number of aromatic amines is 1. The molecule has 0 bridgehead atoms.